The van der Waals surface area contributed by atoms with Crippen molar-refractivity contribution in [2.45, 2.75) is 52.4 Å². The van der Waals surface area contributed by atoms with E-state index < -0.39 is 0 Å². The second-order valence-corrected chi connectivity index (χ2v) is 15.6. The molecule has 6 aromatic carbocycles. The zero-order valence-corrected chi connectivity index (χ0v) is 33.2. The first-order valence-corrected chi connectivity index (χ1v) is 18.0. The quantitative estimate of drug-likeness (QED) is 0.123. The minimum atomic E-state index is 0. The molecule has 0 bridgehead atoms. The predicted molar refractivity (Wildman–Crippen MR) is 219 cm³/mol. The third-order valence-corrected chi connectivity index (χ3v) is 9.86. The van der Waals surface area contributed by atoms with Crippen LogP contribution in [0.15, 0.2) is 146 Å². The van der Waals surface area contributed by atoms with Crippen molar-refractivity contribution in [3.05, 3.63) is 169 Å². The van der Waals surface area contributed by atoms with Gasteiger partial charge in [0.05, 0.1) is 0 Å². The summed E-state index contributed by atoms with van der Waals surface area (Å²) < 4.78 is 0. The number of rotatable bonds is 6. The molecular formula is C49H42AuN3. The van der Waals surface area contributed by atoms with Gasteiger partial charge in [-0.25, -0.2) is 5.56 Å². The maximum absolute atomic E-state index is 5.38. The first-order valence-electron chi connectivity index (χ1n) is 18.0. The number of anilines is 3. The van der Waals surface area contributed by atoms with E-state index in [1.165, 1.54) is 11.1 Å². The van der Waals surface area contributed by atoms with E-state index in [9.17, 15) is 0 Å². The first-order chi connectivity index (χ1) is 25.0. The summed E-state index contributed by atoms with van der Waals surface area (Å²) in [4.78, 5) is 12.7. The summed E-state index contributed by atoms with van der Waals surface area (Å²) >= 11 is 0. The predicted octanol–water partition coefficient (Wildman–Crippen LogP) is 13.0. The van der Waals surface area contributed by atoms with Crippen molar-refractivity contribution in [1.29, 1.82) is 0 Å². The molecule has 2 heterocycles. The van der Waals surface area contributed by atoms with Crippen LogP contribution in [-0.2, 0) is 33.2 Å². The van der Waals surface area contributed by atoms with E-state index in [0.717, 1.165) is 72.5 Å². The smallest absolute Gasteiger partial charge is 0.655 e. The van der Waals surface area contributed by atoms with Crippen molar-refractivity contribution in [2.24, 2.45) is 0 Å². The van der Waals surface area contributed by atoms with Gasteiger partial charge in [0.1, 0.15) is 5.82 Å². The van der Waals surface area contributed by atoms with Crippen molar-refractivity contribution in [3.63, 3.8) is 0 Å². The van der Waals surface area contributed by atoms with Gasteiger partial charge < -0.3 is 4.98 Å². The molecule has 0 atom stereocenters. The van der Waals surface area contributed by atoms with Gasteiger partial charge in [0, 0.05) is 17.1 Å². The average Bonchev–Trinajstić information content (AvgIpc) is 3.54. The van der Waals surface area contributed by atoms with Gasteiger partial charge in [-0.1, -0.05) is 138 Å². The number of hydrogen-bond donors (Lipinski definition) is 0. The molecule has 0 unspecified atom stereocenters. The summed E-state index contributed by atoms with van der Waals surface area (Å²) in [5.74, 6) is 0.805. The van der Waals surface area contributed by atoms with Gasteiger partial charge in [-0.15, -0.1) is 34.3 Å². The Hall–Kier alpha value is -5.19. The molecule has 0 aliphatic carbocycles. The molecule has 0 amide bonds. The van der Waals surface area contributed by atoms with Gasteiger partial charge in [-0.05, 0) is 57.0 Å². The molecule has 53 heavy (non-hydrogen) atoms. The van der Waals surface area contributed by atoms with Crippen LogP contribution in [-0.4, -0.2) is 4.98 Å². The fourth-order valence-electron chi connectivity index (χ4n) is 6.88. The van der Waals surface area contributed by atoms with Crippen molar-refractivity contribution >= 4 is 39.0 Å². The zero-order chi connectivity index (χ0) is 36.0. The van der Waals surface area contributed by atoms with Crippen LogP contribution in [0.5, 0.6) is 0 Å². The van der Waals surface area contributed by atoms with Crippen LogP contribution in [0.4, 0.5) is 17.2 Å². The van der Waals surface area contributed by atoms with Gasteiger partial charge in [0.2, 0.25) is 0 Å². The third kappa shape index (κ3) is 7.26. The van der Waals surface area contributed by atoms with Gasteiger partial charge in [0.25, 0.3) is 0 Å². The van der Waals surface area contributed by atoms with Crippen LogP contribution in [0.25, 0.3) is 55.3 Å². The molecule has 264 valence electrons. The van der Waals surface area contributed by atoms with E-state index in [1.54, 1.807) is 0 Å². The van der Waals surface area contributed by atoms with Crippen molar-refractivity contribution in [1.82, 2.24) is 9.97 Å². The maximum atomic E-state index is 5.38. The van der Waals surface area contributed by atoms with Gasteiger partial charge in [-0.2, -0.15) is 35.9 Å². The summed E-state index contributed by atoms with van der Waals surface area (Å²) in [7, 11) is 0. The largest absolute Gasteiger partial charge is 3.00 e. The molecule has 2 aromatic heterocycles. The molecule has 0 spiro atoms. The minimum Gasteiger partial charge on any atom is -0.655 e. The number of hydrogen-bond acceptors (Lipinski definition) is 2. The summed E-state index contributed by atoms with van der Waals surface area (Å²) in [6.07, 6.45) is 0. The first kappa shape index (κ1) is 36.2. The second-order valence-electron chi connectivity index (χ2n) is 15.6. The Morgan fingerprint density at radius 1 is 0.566 bits per heavy atom. The summed E-state index contributed by atoms with van der Waals surface area (Å²) in [6, 6.07) is 58.6. The fraction of sp³-hybridized carbons (Fsp3) is 0.163. The van der Waals surface area contributed by atoms with Crippen LogP contribution < -0.4 is 9.88 Å². The number of aromatic nitrogens is 2. The van der Waals surface area contributed by atoms with Gasteiger partial charge >= 0.3 is 22.4 Å². The van der Waals surface area contributed by atoms with E-state index in [1.807, 2.05) is 12.1 Å². The molecule has 0 fully saturated rings. The molecular weight excluding hydrogens is 828 g/mol. The van der Waals surface area contributed by atoms with E-state index in [4.69, 9.17) is 9.97 Å². The second kappa shape index (κ2) is 14.3. The Morgan fingerprint density at radius 3 is 1.94 bits per heavy atom. The Labute approximate surface area is 329 Å². The number of pyridine rings is 1. The number of benzene rings is 6. The van der Waals surface area contributed by atoms with Crippen LogP contribution in [0.3, 0.4) is 0 Å². The van der Waals surface area contributed by atoms with E-state index in [0.29, 0.717) is 0 Å². The maximum Gasteiger partial charge on any atom is 3.00 e. The van der Waals surface area contributed by atoms with Crippen LogP contribution in [0.1, 0.15) is 52.7 Å². The normalized spacial score (nSPS) is 11.8. The van der Waals surface area contributed by atoms with Gasteiger partial charge in [-0.3, -0.25) is 9.88 Å². The summed E-state index contributed by atoms with van der Waals surface area (Å²) in [5, 5.41) is 2.28. The molecule has 0 radical (unpaired) electrons. The number of fused-ring (bicyclic) bond motifs is 3. The molecule has 0 aliphatic heterocycles. The molecule has 0 aliphatic rings. The molecule has 0 saturated heterocycles. The van der Waals surface area contributed by atoms with Crippen LogP contribution >= 0.6 is 0 Å². The average molecular weight is 870 g/mol. The Balaban J connectivity index is 0.00000435. The summed E-state index contributed by atoms with van der Waals surface area (Å²) in [5.41, 5.74) is 12.6. The van der Waals surface area contributed by atoms with Gasteiger partial charge in [0.15, 0.2) is 0 Å². The van der Waals surface area contributed by atoms with E-state index in [-0.39, 0.29) is 33.2 Å². The standard InChI is InChI=1S/C49H42N3.Au/c1-48(2,3)38-26-22-33(23-27-38)35-30-36(34-24-28-39(29-25-34)49(4,5)6)32-37(31-35)43-19-13-21-46(50-43)52(40-14-8-7-9-15-40)45-20-12-17-42-41-16-10-11-18-44(41)51-47(42)45;/h7-24,26-31H,1-6H3;/q-3;+3. The van der Waals surface area contributed by atoms with Crippen molar-refractivity contribution in [2.75, 3.05) is 4.90 Å². The Kier molecular flexibility index (Phi) is 9.78. The Bertz CT molecular complexity index is 2440. The summed E-state index contributed by atoms with van der Waals surface area (Å²) in [6.45, 7) is 13.4. The molecule has 0 saturated carbocycles. The van der Waals surface area contributed by atoms with E-state index in [2.05, 4.69) is 192 Å². The minimum absolute atomic E-state index is 0. The molecule has 3 nitrogen and oxygen atoms in total. The monoisotopic (exact) mass is 869 g/mol. The third-order valence-electron chi connectivity index (χ3n) is 9.86. The van der Waals surface area contributed by atoms with Crippen molar-refractivity contribution in [3.8, 4) is 33.5 Å². The fourth-order valence-corrected chi connectivity index (χ4v) is 6.88. The zero-order valence-electron chi connectivity index (χ0n) is 31.0. The van der Waals surface area contributed by atoms with Crippen LogP contribution in [0.2, 0.25) is 0 Å². The van der Waals surface area contributed by atoms with Crippen LogP contribution in [0, 0.1) is 12.1 Å². The van der Waals surface area contributed by atoms with Crippen molar-refractivity contribution < 1.29 is 22.4 Å². The molecule has 0 N–H and O–H groups in total. The molecule has 4 heteroatoms. The topological polar surface area (TPSA) is 30.2 Å². The Morgan fingerprint density at radius 2 is 1.23 bits per heavy atom. The number of para-hydroxylation sites is 3. The number of nitrogens with zero attached hydrogens (tertiary/aromatic N) is 3. The molecule has 8 aromatic rings. The molecule has 8 rings (SSSR count). The SMILES string of the molecule is CC(C)(C)c1c[c-]c(-c2[c-]c(-c3cccc(N(c4ccccc4)c4cccc5c4[n-]c4ccccc45)n3)cc(-c3ccc(C(C)(C)C)cc3)c2)cc1.[Au+3]. The van der Waals surface area contributed by atoms with E-state index >= 15 is 0 Å².